The average molecular weight is 412 g/mol. The summed E-state index contributed by atoms with van der Waals surface area (Å²) in [6.07, 6.45) is 0.228. The highest BCUT2D eigenvalue weighted by molar-refractivity contribution is 7.99. The number of rotatable bonds is 5. The van der Waals surface area contributed by atoms with E-state index in [1.165, 1.54) is 6.92 Å². The molecule has 29 heavy (non-hydrogen) atoms. The van der Waals surface area contributed by atoms with E-state index in [1.54, 1.807) is 24.3 Å². The number of thioether (sulfide) groups is 1. The molecule has 3 amide bonds. The second-order valence-electron chi connectivity index (χ2n) is 7.04. The highest BCUT2D eigenvalue weighted by Crippen LogP contribution is 2.20. The van der Waals surface area contributed by atoms with Crippen LogP contribution in [-0.4, -0.2) is 47.2 Å². The number of nitrogens with zero attached hydrogens (tertiary/aromatic N) is 1. The quantitative estimate of drug-likeness (QED) is 0.791. The summed E-state index contributed by atoms with van der Waals surface area (Å²) in [6, 6.07) is 12.6. The summed E-state index contributed by atoms with van der Waals surface area (Å²) in [5.74, 6) is 1.74. The lowest BCUT2D eigenvalue weighted by molar-refractivity contribution is -0.116. The fourth-order valence-electron chi connectivity index (χ4n) is 3.17. The first kappa shape index (κ1) is 20.9. The first-order valence-electron chi connectivity index (χ1n) is 9.56. The van der Waals surface area contributed by atoms with Gasteiger partial charge in [0.1, 0.15) is 0 Å². The lowest BCUT2D eigenvalue weighted by Crippen LogP contribution is -2.37. The van der Waals surface area contributed by atoms with Crippen molar-refractivity contribution >= 4 is 40.9 Å². The maximum atomic E-state index is 12.6. The number of hydrogen-bond donors (Lipinski definition) is 2. The van der Waals surface area contributed by atoms with Crippen LogP contribution in [0.15, 0.2) is 42.5 Å². The van der Waals surface area contributed by atoms with Crippen LogP contribution >= 0.6 is 11.8 Å². The first-order chi connectivity index (χ1) is 13.9. The normalized spacial score (nSPS) is 13.7. The molecule has 3 rings (SSSR count). The number of benzene rings is 2. The zero-order valence-electron chi connectivity index (χ0n) is 16.7. The lowest BCUT2D eigenvalue weighted by Gasteiger charge is -2.26. The van der Waals surface area contributed by atoms with Gasteiger partial charge in [-0.05, 0) is 48.4 Å². The molecule has 0 bridgehead atoms. The molecule has 152 valence electrons. The maximum absolute atomic E-state index is 12.6. The minimum atomic E-state index is -0.132. The number of carbonyl (C=O) groups excluding carboxylic acids is 3. The molecule has 0 aromatic heterocycles. The van der Waals surface area contributed by atoms with Crippen molar-refractivity contribution in [2.24, 2.45) is 0 Å². The van der Waals surface area contributed by atoms with Gasteiger partial charge in [-0.1, -0.05) is 12.1 Å². The molecular weight excluding hydrogens is 386 g/mol. The Morgan fingerprint density at radius 2 is 1.69 bits per heavy atom. The van der Waals surface area contributed by atoms with Crippen molar-refractivity contribution in [3.63, 3.8) is 0 Å². The molecule has 0 radical (unpaired) electrons. The van der Waals surface area contributed by atoms with Gasteiger partial charge in [-0.3, -0.25) is 14.4 Å². The predicted octanol–water partition coefficient (Wildman–Crippen LogP) is 3.32. The summed E-state index contributed by atoms with van der Waals surface area (Å²) >= 11 is 1.87. The van der Waals surface area contributed by atoms with Crippen molar-refractivity contribution in [2.75, 3.05) is 35.2 Å². The molecule has 0 atom stereocenters. The van der Waals surface area contributed by atoms with E-state index >= 15 is 0 Å². The number of anilines is 2. The van der Waals surface area contributed by atoms with Gasteiger partial charge >= 0.3 is 0 Å². The monoisotopic (exact) mass is 411 g/mol. The molecule has 0 aliphatic carbocycles. The van der Waals surface area contributed by atoms with Crippen LogP contribution < -0.4 is 10.6 Å². The third-order valence-electron chi connectivity index (χ3n) is 4.68. The molecule has 6 nitrogen and oxygen atoms in total. The zero-order valence-corrected chi connectivity index (χ0v) is 17.5. The van der Waals surface area contributed by atoms with Crippen LogP contribution in [0.2, 0.25) is 0 Å². The third kappa shape index (κ3) is 5.84. The van der Waals surface area contributed by atoms with E-state index in [1.807, 2.05) is 41.8 Å². The first-order valence-corrected chi connectivity index (χ1v) is 10.7. The topological polar surface area (TPSA) is 78.5 Å². The second-order valence-corrected chi connectivity index (χ2v) is 8.26. The van der Waals surface area contributed by atoms with Crippen molar-refractivity contribution < 1.29 is 14.4 Å². The molecular formula is C22H25N3O3S. The molecule has 0 spiro atoms. The van der Waals surface area contributed by atoms with Gasteiger partial charge in [0.05, 0.1) is 6.42 Å². The van der Waals surface area contributed by atoms with Crippen molar-refractivity contribution in [1.82, 2.24) is 4.90 Å². The van der Waals surface area contributed by atoms with E-state index in [0.29, 0.717) is 16.9 Å². The van der Waals surface area contributed by atoms with Crippen molar-refractivity contribution in [3.8, 4) is 0 Å². The third-order valence-corrected chi connectivity index (χ3v) is 5.63. The van der Waals surface area contributed by atoms with Crippen LogP contribution in [0.5, 0.6) is 0 Å². The molecule has 0 unspecified atom stereocenters. The summed E-state index contributed by atoms with van der Waals surface area (Å²) in [6.45, 7) is 4.90. The Bertz CT molecular complexity index is 906. The second kappa shape index (κ2) is 9.60. The van der Waals surface area contributed by atoms with Crippen LogP contribution in [0.1, 0.15) is 28.4 Å². The van der Waals surface area contributed by atoms with Crippen LogP contribution in [0, 0.1) is 6.92 Å². The minimum Gasteiger partial charge on any atom is -0.337 e. The Balaban J connectivity index is 1.60. The zero-order chi connectivity index (χ0) is 20.8. The largest absolute Gasteiger partial charge is 0.337 e. The Kier molecular flexibility index (Phi) is 6.93. The molecule has 2 N–H and O–H groups in total. The maximum Gasteiger partial charge on any atom is 0.253 e. The average Bonchev–Trinajstić information content (AvgIpc) is 2.71. The lowest BCUT2D eigenvalue weighted by atomic mass is 10.1. The van der Waals surface area contributed by atoms with Gasteiger partial charge in [0, 0.05) is 48.5 Å². The van der Waals surface area contributed by atoms with Crippen LogP contribution in [0.4, 0.5) is 11.4 Å². The Hall–Kier alpha value is -2.80. The van der Waals surface area contributed by atoms with E-state index in [9.17, 15) is 14.4 Å². The van der Waals surface area contributed by atoms with Crippen molar-refractivity contribution in [2.45, 2.75) is 20.3 Å². The Morgan fingerprint density at radius 1 is 1.00 bits per heavy atom. The Labute approximate surface area is 175 Å². The number of nitrogens with one attached hydrogen (secondary N) is 2. The molecule has 0 saturated carbocycles. The molecule has 2 aromatic rings. The predicted molar refractivity (Wildman–Crippen MR) is 117 cm³/mol. The molecule has 2 aromatic carbocycles. The molecule has 1 aliphatic rings. The molecule has 1 aliphatic heterocycles. The number of aryl methyl sites for hydroxylation is 1. The number of hydrogen-bond acceptors (Lipinski definition) is 4. The van der Waals surface area contributed by atoms with Crippen LogP contribution in [0.3, 0.4) is 0 Å². The van der Waals surface area contributed by atoms with Gasteiger partial charge < -0.3 is 15.5 Å². The standard InChI is InChI=1S/C22H25N3O3S/c1-15-13-18(22(28)25-9-11-29-12-10-25)5-8-20(15)24-21(27)14-17-3-6-19(7-4-17)23-16(2)26/h3-8,13H,9-12,14H2,1-2H3,(H,23,26)(H,24,27). The fourth-order valence-corrected chi connectivity index (χ4v) is 4.08. The van der Waals surface area contributed by atoms with Crippen LogP contribution in [0.25, 0.3) is 0 Å². The molecule has 7 heteroatoms. The molecule has 1 fully saturated rings. The Morgan fingerprint density at radius 3 is 2.31 bits per heavy atom. The fraction of sp³-hybridized carbons (Fsp3) is 0.318. The van der Waals surface area contributed by atoms with E-state index in [2.05, 4.69) is 10.6 Å². The van der Waals surface area contributed by atoms with E-state index in [-0.39, 0.29) is 24.1 Å². The van der Waals surface area contributed by atoms with Crippen molar-refractivity contribution in [3.05, 3.63) is 59.2 Å². The van der Waals surface area contributed by atoms with E-state index in [0.717, 1.165) is 35.7 Å². The van der Waals surface area contributed by atoms with Gasteiger partial charge in [0.2, 0.25) is 11.8 Å². The van der Waals surface area contributed by atoms with Gasteiger partial charge in [0.15, 0.2) is 0 Å². The van der Waals surface area contributed by atoms with Crippen molar-refractivity contribution in [1.29, 1.82) is 0 Å². The minimum absolute atomic E-state index is 0.0468. The summed E-state index contributed by atoms with van der Waals surface area (Å²) in [5.41, 5.74) is 3.77. The molecule has 1 saturated heterocycles. The number of amides is 3. The highest BCUT2D eigenvalue weighted by atomic mass is 32.2. The van der Waals surface area contributed by atoms with Gasteiger partial charge in [-0.2, -0.15) is 11.8 Å². The summed E-state index contributed by atoms with van der Waals surface area (Å²) in [7, 11) is 0. The van der Waals surface area contributed by atoms with E-state index in [4.69, 9.17) is 0 Å². The smallest absolute Gasteiger partial charge is 0.253 e. The van der Waals surface area contributed by atoms with Crippen LogP contribution in [-0.2, 0) is 16.0 Å². The van der Waals surface area contributed by atoms with Gasteiger partial charge in [0.25, 0.3) is 5.91 Å². The highest BCUT2D eigenvalue weighted by Gasteiger charge is 2.19. The van der Waals surface area contributed by atoms with Gasteiger partial charge in [-0.15, -0.1) is 0 Å². The SMILES string of the molecule is CC(=O)Nc1ccc(CC(=O)Nc2ccc(C(=O)N3CCSCC3)cc2C)cc1. The summed E-state index contributed by atoms with van der Waals surface area (Å²) in [5, 5.41) is 5.61. The van der Waals surface area contributed by atoms with E-state index < -0.39 is 0 Å². The summed E-state index contributed by atoms with van der Waals surface area (Å²) < 4.78 is 0. The molecule has 1 heterocycles. The number of carbonyl (C=O) groups is 3. The van der Waals surface area contributed by atoms with Gasteiger partial charge in [-0.25, -0.2) is 0 Å². The summed E-state index contributed by atoms with van der Waals surface area (Å²) in [4.78, 5) is 38.0.